The van der Waals surface area contributed by atoms with Gasteiger partial charge in [0.25, 0.3) is 15.7 Å². The number of ether oxygens (including phenoxy) is 1. The second kappa shape index (κ2) is 9.49. The molecule has 1 aromatic heterocycles. The van der Waals surface area contributed by atoms with Crippen molar-refractivity contribution in [2.45, 2.75) is 102 Å². The number of rotatable bonds is 6. The number of hydrogen-bond acceptors (Lipinski definition) is 9. The van der Waals surface area contributed by atoms with Crippen molar-refractivity contribution >= 4 is 26.8 Å². The fourth-order valence-corrected chi connectivity index (χ4v) is 7.37. The van der Waals surface area contributed by atoms with Crippen LogP contribution in [0.15, 0.2) is 26.9 Å². The number of nitrogens with two attached hydrogens (primary N) is 1. The Morgan fingerprint density at radius 3 is 2.13 bits per heavy atom. The van der Waals surface area contributed by atoms with Crippen molar-refractivity contribution in [3.8, 4) is 0 Å². The molecular formula is C23H40FN3O8SSi2. The molecule has 1 aromatic rings. The van der Waals surface area contributed by atoms with Gasteiger partial charge in [0, 0.05) is 0 Å². The molecule has 2 aliphatic heterocycles. The molecule has 0 radical (unpaired) electrons. The van der Waals surface area contributed by atoms with E-state index in [1.165, 1.54) is 0 Å². The molecule has 3 rings (SSSR count). The molecule has 38 heavy (non-hydrogen) atoms. The van der Waals surface area contributed by atoms with Crippen LogP contribution in [0.5, 0.6) is 0 Å². The van der Waals surface area contributed by atoms with Crippen molar-refractivity contribution in [2.75, 3.05) is 6.61 Å². The van der Waals surface area contributed by atoms with Crippen molar-refractivity contribution in [1.82, 2.24) is 9.55 Å². The Labute approximate surface area is 224 Å². The second-order valence-electron chi connectivity index (χ2n) is 13.0. The number of aromatic amines is 1. The highest BCUT2D eigenvalue weighted by molar-refractivity contribution is 7.90. The fourth-order valence-electron chi connectivity index (χ4n) is 3.86. The first-order valence-corrected chi connectivity index (χ1v) is 19.7. The fraction of sp³-hybridized carbons (Fsp3) is 0.739. The van der Waals surface area contributed by atoms with E-state index < -0.39 is 67.9 Å². The van der Waals surface area contributed by atoms with E-state index in [2.05, 4.69) is 0 Å². The summed E-state index contributed by atoms with van der Waals surface area (Å²) in [5.41, 5.74) is 2.14. The van der Waals surface area contributed by atoms with Gasteiger partial charge in [0.2, 0.25) is 5.82 Å². The minimum absolute atomic E-state index is 0.130. The summed E-state index contributed by atoms with van der Waals surface area (Å²) < 4.78 is 65.7. The molecule has 0 saturated carbocycles. The molecule has 0 bridgehead atoms. The minimum Gasteiger partial charge on any atom is -0.414 e. The maximum absolute atomic E-state index is 14.4. The highest BCUT2D eigenvalue weighted by Gasteiger charge is 2.67. The van der Waals surface area contributed by atoms with Crippen LogP contribution in [0, 0.1) is 5.82 Å². The predicted molar refractivity (Wildman–Crippen MR) is 145 cm³/mol. The van der Waals surface area contributed by atoms with Gasteiger partial charge in [-0.15, -0.1) is 0 Å². The molecule has 4 atom stereocenters. The van der Waals surface area contributed by atoms with E-state index in [1.807, 2.05) is 72.7 Å². The van der Waals surface area contributed by atoms with Crippen LogP contribution in [-0.2, 0) is 27.9 Å². The summed E-state index contributed by atoms with van der Waals surface area (Å²) in [6.07, 6.45) is -3.13. The Balaban J connectivity index is 2.24. The monoisotopic (exact) mass is 593 g/mol. The molecule has 0 amide bonds. The summed E-state index contributed by atoms with van der Waals surface area (Å²) in [7, 11) is -9.36. The molecule has 0 aliphatic carbocycles. The normalized spacial score (nSPS) is 28.2. The first-order valence-electron chi connectivity index (χ1n) is 12.4. The van der Waals surface area contributed by atoms with E-state index >= 15 is 0 Å². The SMILES string of the molecule is CC(C)(C)[Si](C)(C)OC[C@H]1O[C@@H](n2cc(F)c(=O)[nH]c2=O)[C@H](O[Si](C)(C)C(C)(C)C)[C@]12OS(=O)(=O)C=C2N. The Morgan fingerprint density at radius 2 is 1.66 bits per heavy atom. The number of H-pyrrole nitrogens is 1. The number of aromatic nitrogens is 2. The van der Waals surface area contributed by atoms with Crippen LogP contribution in [0.3, 0.4) is 0 Å². The smallest absolute Gasteiger partial charge is 0.330 e. The van der Waals surface area contributed by atoms with Crippen molar-refractivity contribution in [2.24, 2.45) is 5.73 Å². The average Bonchev–Trinajstić information content (AvgIpc) is 3.14. The molecular weight excluding hydrogens is 554 g/mol. The lowest BCUT2D eigenvalue weighted by atomic mass is 9.89. The van der Waals surface area contributed by atoms with Crippen LogP contribution in [-0.4, -0.2) is 59.0 Å². The van der Waals surface area contributed by atoms with Gasteiger partial charge in [-0.2, -0.15) is 12.8 Å². The van der Waals surface area contributed by atoms with E-state index in [1.54, 1.807) is 0 Å². The molecule has 2 aliphatic rings. The minimum atomic E-state index is -4.25. The third kappa shape index (κ3) is 5.38. The first-order chi connectivity index (χ1) is 17.0. The second-order valence-corrected chi connectivity index (χ2v) is 23.9. The summed E-state index contributed by atoms with van der Waals surface area (Å²) in [5.74, 6) is -1.22. The Hall–Kier alpha value is -1.63. The number of nitrogens with zero attached hydrogens (tertiary/aromatic N) is 1. The van der Waals surface area contributed by atoms with E-state index in [4.69, 9.17) is 23.5 Å². The molecule has 0 aromatic carbocycles. The Kier molecular flexibility index (Phi) is 7.72. The van der Waals surface area contributed by atoms with Gasteiger partial charge in [-0.3, -0.25) is 14.3 Å². The van der Waals surface area contributed by atoms with Crippen LogP contribution in [0.25, 0.3) is 0 Å². The molecule has 1 fully saturated rings. The average molecular weight is 594 g/mol. The van der Waals surface area contributed by atoms with E-state index in [-0.39, 0.29) is 22.4 Å². The van der Waals surface area contributed by atoms with Gasteiger partial charge in [-0.05, 0) is 36.3 Å². The van der Waals surface area contributed by atoms with Gasteiger partial charge >= 0.3 is 5.69 Å². The third-order valence-corrected chi connectivity index (χ3v) is 18.3. The van der Waals surface area contributed by atoms with Crippen molar-refractivity contribution in [1.29, 1.82) is 0 Å². The highest BCUT2D eigenvalue weighted by Crippen LogP contribution is 2.52. The topological polar surface area (TPSA) is 152 Å². The van der Waals surface area contributed by atoms with Crippen LogP contribution >= 0.6 is 0 Å². The first kappa shape index (κ1) is 30.9. The van der Waals surface area contributed by atoms with Gasteiger partial charge in [-0.25, -0.2) is 8.98 Å². The van der Waals surface area contributed by atoms with Crippen LogP contribution in [0.1, 0.15) is 47.8 Å². The predicted octanol–water partition coefficient (Wildman–Crippen LogP) is 2.88. The molecule has 11 nitrogen and oxygen atoms in total. The summed E-state index contributed by atoms with van der Waals surface area (Å²) >= 11 is 0. The maximum Gasteiger partial charge on any atom is 0.330 e. The lowest BCUT2D eigenvalue weighted by Gasteiger charge is -2.43. The Bertz CT molecular complexity index is 1340. The maximum atomic E-state index is 14.4. The molecule has 1 spiro atoms. The van der Waals surface area contributed by atoms with E-state index in [0.717, 1.165) is 9.98 Å². The molecule has 0 unspecified atom stereocenters. The van der Waals surface area contributed by atoms with Crippen LogP contribution < -0.4 is 17.0 Å². The zero-order chi connectivity index (χ0) is 29.3. The van der Waals surface area contributed by atoms with Crippen molar-refractivity contribution < 1.29 is 30.6 Å². The van der Waals surface area contributed by atoms with Crippen LogP contribution in [0.4, 0.5) is 4.39 Å². The van der Waals surface area contributed by atoms with Crippen molar-refractivity contribution in [3.05, 3.63) is 44.0 Å². The number of halogens is 1. The van der Waals surface area contributed by atoms with E-state index in [9.17, 15) is 22.4 Å². The molecule has 1 saturated heterocycles. The zero-order valence-electron chi connectivity index (χ0n) is 23.7. The molecule has 3 N–H and O–H groups in total. The largest absolute Gasteiger partial charge is 0.414 e. The molecule has 15 heteroatoms. The van der Waals surface area contributed by atoms with Crippen molar-refractivity contribution in [3.63, 3.8) is 0 Å². The molecule has 216 valence electrons. The number of nitrogens with one attached hydrogen (secondary N) is 1. The number of hydrogen-bond donors (Lipinski definition) is 2. The van der Waals surface area contributed by atoms with Gasteiger partial charge in [-0.1, -0.05) is 41.5 Å². The van der Waals surface area contributed by atoms with Gasteiger partial charge in [0.1, 0.15) is 12.2 Å². The molecule has 3 heterocycles. The summed E-state index contributed by atoms with van der Waals surface area (Å²) in [4.78, 5) is 26.5. The quantitative estimate of drug-likeness (QED) is 0.375. The summed E-state index contributed by atoms with van der Waals surface area (Å²) in [5, 5.41) is 0.264. The zero-order valence-corrected chi connectivity index (χ0v) is 26.5. The lowest BCUT2D eigenvalue weighted by molar-refractivity contribution is -0.0565. The summed E-state index contributed by atoms with van der Waals surface area (Å²) in [6, 6.07) is 0. The van der Waals surface area contributed by atoms with Gasteiger partial charge < -0.3 is 19.3 Å². The highest BCUT2D eigenvalue weighted by atomic mass is 32.2. The van der Waals surface area contributed by atoms with Gasteiger partial charge in [0.05, 0.1) is 23.9 Å². The van der Waals surface area contributed by atoms with Gasteiger partial charge in [0.15, 0.2) is 28.5 Å². The standard InChI is InChI=1S/C23H40FN3O8SSi2/c1-21(2,3)37(7,8)32-12-16-23(15(25)13-36(30,31)35-23)17(34-38(9,10)22(4,5)6)19(33-16)27-11-14(24)18(28)26-20(27)29/h11,13,16-17,19H,12,25H2,1-10H3,(H,26,28,29)/t16-,17+,19-,23-/m1/s1. The van der Waals surface area contributed by atoms with Crippen LogP contribution in [0.2, 0.25) is 36.3 Å². The van der Waals surface area contributed by atoms with E-state index in [0.29, 0.717) is 6.20 Å². The summed E-state index contributed by atoms with van der Waals surface area (Å²) in [6.45, 7) is 19.8. The Morgan fingerprint density at radius 1 is 1.11 bits per heavy atom. The third-order valence-electron chi connectivity index (χ3n) is 8.27. The lowest BCUT2D eigenvalue weighted by Crippen LogP contribution is -2.59.